The number of carbonyl (C=O) groups excluding carboxylic acids is 1. The third-order valence-electron chi connectivity index (χ3n) is 6.19. The van der Waals surface area contributed by atoms with Crippen LogP contribution in [-0.2, 0) is 22.6 Å². The first-order chi connectivity index (χ1) is 16.4. The van der Waals surface area contributed by atoms with Crippen molar-refractivity contribution >= 4 is 40.1 Å². The van der Waals surface area contributed by atoms with E-state index in [9.17, 15) is 4.79 Å². The molecule has 10 heteroatoms. The number of ether oxygens (including phenoxy) is 3. The molecule has 3 aromatic rings. The lowest BCUT2D eigenvalue weighted by molar-refractivity contribution is 0.0814. The van der Waals surface area contributed by atoms with Crippen LogP contribution in [0.1, 0.15) is 35.7 Å². The number of anilines is 1. The van der Waals surface area contributed by atoms with Crippen molar-refractivity contribution in [1.29, 1.82) is 0 Å². The highest BCUT2D eigenvalue weighted by Crippen LogP contribution is 2.38. The van der Waals surface area contributed by atoms with Crippen LogP contribution in [0.25, 0.3) is 16.6 Å². The van der Waals surface area contributed by atoms with Crippen molar-refractivity contribution in [3.05, 3.63) is 52.2 Å². The molecule has 178 valence electrons. The number of fused-ring (bicyclic) bond motifs is 3. The average Bonchev–Trinajstić information content (AvgIpc) is 3.39. The van der Waals surface area contributed by atoms with Gasteiger partial charge in [0.05, 0.1) is 36.4 Å². The van der Waals surface area contributed by atoms with Gasteiger partial charge in [-0.05, 0) is 31.2 Å². The minimum absolute atomic E-state index is 0.0487. The van der Waals surface area contributed by atoms with Crippen LogP contribution in [0.3, 0.4) is 0 Å². The largest absolute Gasteiger partial charge is 0.496 e. The van der Waals surface area contributed by atoms with Gasteiger partial charge in [0.15, 0.2) is 0 Å². The van der Waals surface area contributed by atoms with Crippen molar-refractivity contribution in [2.75, 3.05) is 25.6 Å². The maximum absolute atomic E-state index is 12.6. The summed E-state index contributed by atoms with van der Waals surface area (Å²) < 4.78 is 18.8. The molecule has 1 aliphatic heterocycles. The van der Waals surface area contributed by atoms with E-state index in [-0.39, 0.29) is 18.4 Å². The van der Waals surface area contributed by atoms with E-state index in [2.05, 4.69) is 33.9 Å². The number of nitrogens with zero attached hydrogens (tertiary/aromatic N) is 3. The molecule has 3 heterocycles. The van der Waals surface area contributed by atoms with E-state index in [1.54, 1.807) is 19.2 Å². The number of rotatable bonds is 5. The number of thiazole rings is 1. The highest BCUT2D eigenvalue weighted by Gasteiger charge is 2.30. The maximum Gasteiger partial charge on any atom is 0.412 e. The molecule has 2 unspecified atom stereocenters. The Labute approximate surface area is 206 Å². The molecule has 0 saturated carbocycles. The second kappa shape index (κ2) is 9.40. The van der Waals surface area contributed by atoms with E-state index in [1.807, 2.05) is 13.0 Å². The molecule has 0 spiro atoms. The van der Waals surface area contributed by atoms with Crippen LogP contribution in [0.4, 0.5) is 9.80 Å². The number of aromatic nitrogens is 3. The molecule has 0 fully saturated rings. The predicted molar refractivity (Wildman–Crippen MR) is 132 cm³/mol. The number of amides is 1. The number of carbonyl (C=O) groups is 1. The van der Waals surface area contributed by atoms with Gasteiger partial charge in [0.1, 0.15) is 34.8 Å². The first-order valence-corrected chi connectivity index (χ1v) is 12.2. The van der Waals surface area contributed by atoms with Gasteiger partial charge in [0.25, 0.3) is 0 Å². The molecule has 0 radical (unpaired) electrons. The normalized spacial score (nSPS) is 18.8. The number of hydrogen-bond acceptors (Lipinski definition) is 7. The zero-order valence-corrected chi connectivity index (χ0v) is 20.7. The van der Waals surface area contributed by atoms with Crippen LogP contribution >= 0.6 is 22.9 Å². The second-order valence-corrected chi connectivity index (χ2v) is 9.75. The smallest absolute Gasteiger partial charge is 0.412 e. The Kier molecular flexibility index (Phi) is 6.33. The summed E-state index contributed by atoms with van der Waals surface area (Å²) in [6.07, 6.45) is 3.68. The molecular weight excluding hydrogens is 476 g/mol. The Morgan fingerprint density at radius 2 is 2.24 bits per heavy atom. The summed E-state index contributed by atoms with van der Waals surface area (Å²) in [5.41, 5.74) is 3.69. The van der Waals surface area contributed by atoms with E-state index >= 15 is 0 Å². The van der Waals surface area contributed by atoms with Crippen LogP contribution < -0.4 is 10.1 Å². The third kappa shape index (κ3) is 4.31. The number of imidazole rings is 1. The molecule has 1 N–H and O–H groups in total. The summed E-state index contributed by atoms with van der Waals surface area (Å²) in [5, 5.41) is 4.77. The van der Waals surface area contributed by atoms with Gasteiger partial charge in [-0.25, -0.2) is 14.8 Å². The zero-order chi connectivity index (χ0) is 23.8. The Balaban J connectivity index is 1.23. The van der Waals surface area contributed by atoms with Gasteiger partial charge in [-0.2, -0.15) is 0 Å². The summed E-state index contributed by atoms with van der Waals surface area (Å²) >= 11 is 7.43. The molecule has 0 bridgehead atoms. The third-order valence-corrected chi connectivity index (χ3v) is 7.53. The topological polar surface area (TPSA) is 87.5 Å². The highest BCUT2D eigenvalue weighted by atomic mass is 35.5. The second-order valence-electron chi connectivity index (χ2n) is 8.32. The van der Waals surface area contributed by atoms with Gasteiger partial charge in [0.2, 0.25) is 0 Å². The molecule has 8 nitrogen and oxygen atoms in total. The number of nitrogens with one attached hydrogen (secondary N) is 1. The van der Waals surface area contributed by atoms with Crippen LogP contribution in [0.5, 0.6) is 5.75 Å². The van der Waals surface area contributed by atoms with Crippen molar-refractivity contribution < 1.29 is 19.0 Å². The monoisotopic (exact) mass is 500 g/mol. The van der Waals surface area contributed by atoms with Gasteiger partial charge in [0, 0.05) is 23.4 Å². The fourth-order valence-electron chi connectivity index (χ4n) is 4.28. The number of methoxy groups -OCH3 is 1. The summed E-state index contributed by atoms with van der Waals surface area (Å²) in [6.45, 7) is 6.28. The van der Waals surface area contributed by atoms with Crippen molar-refractivity contribution in [1.82, 2.24) is 14.5 Å². The SMILES string of the molecule is COc1cc(Cl)ccc1-c1nc(C)c(NC(=O)OCC2C=Cc3c(nc4n3CCOC4)C2C)s1. The highest BCUT2D eigenvalue weighted by molar-refractivity contribution is 7.19. The quantitative estimate of drug-likeness (QED) is 0.497. The van der Waals surface area contributed by atoms with E-state index < -0.39 is 6.09 Å². The summed E-state index contributed by atoms with van der Waals surface area (Å²) in [5.74, 6) is 1.77. The van der Waals surface area contributed by atoms with Crippen LogP contribution in [0.15, 0.2) is 24.3 Å². The van der Waals surface area contributed by atoms with Crippen molar-refractivity contribution in [3.8, 4) is 16.3 Å². The van der Waals surface area contributed by atoms with E-state index in [0.717, 1.165) is 34.3 Å². The molecule has 2 atom stereocenters. The Bertz CT molecular complexity index is 1270. The van der Waals surface area contributed by atoms with Crippen LogP contribution in [0, 0.1) is 12.8 Å². The van der Waals surface area contributed by atoms with E-state index in [4.69, 9.17) is 30.8 Å². The van der Waals surface area contributed by atoms with Crippen LogP contribution in [-0.4, -0.2) is 41.0 Å². The molecule has 1 aliphatic carbocycles. The molecular formula is C24H25ClN4O4S. The maximum atomic E-state index is 12.6. The minimum Gasteiger partial charge on any atom is -0.496 e. The van der Waals surface area contributed by atoms with E-state index in [0.29, 0.717) is 34.7 Å². The Hall–Kier alpha value is -2.88. The summed E-state index contributed by atoms with van der Waals surface area (Å²) in [4.78, 5) is 21.9. The molecule has 2 aromatic heterocycles. The average molecular weight is 501 g/mol. The molecule has 1 amide bonds. The zero-order valence-electron chi connectivity index (χ0n) is 19.1. The van der Waals surface area contributed by atoms with Crippen LogP contribution in [0.2, 0.25) is 5.02 Å². The molecule has 1 aromatic carbocycles. The Morgan fingerprint density at radius 3 is 3.06 bits per heavy atom. The number of hydrogen-bond donors (Lipinski definition) is 1. The minimum atomic E-state index is -0.509. The molecule has 34 heavy (non-hydrogen) atoms. The first kappa shape index (κ1) is 22.9. The lowest BCUT2D eigenvalue weighted by Crippen LogP contribution is -2.23. The van der Waals surface area contributed by atoms with Crippen molar-refractivity contribution in [2.24, 2.45) is 5.92 Å². The van der Waals surface area contributed by atoms with Gasteiger partial charge in [-0.3, -0.25) is 5.32 Å². The number of aryl methyl sites for hydroxylation is 1. The van der Waals surface area contributed by atoms with Gasteiger partial charge < -0.3 is 18.8 Å². The number of benzene rings is 1. The lowest BCUT2D eigenvalue weighted by atomic mass is 9.86. The summed E-state index contributed by atoms with van der Waals surface area (Å²) in [7, 11) is 1.59. The Morgan fingerprint density at radius 1 is 1.38 bits per heavy atom. The first-order valence-electron chi connectivity index (χ1n) is 11.0. The van der Waals surface area contributed by atoms with Gasteiger partial charge in [-0.1, -0.05) is 35.9 Å². The summed E-state index contributed by atoms with van der Waals surface area (Å²) in [6, 6.07) is 5.38. The lowest BCUT2D eigenvalue weighted by Gasteiger charge is -2.24. The standard InChI is InChI=1S/C24H25ClN4O4S/c1-13-15(4-7-18-21(13)27-20-12-32-9-8-29(18)20)11-33-24(30)28-22-14(2)26-23(34-22)17-6-5-16(25)10-19(17)31-3/h4-7,10,13,15H,8-9,11-12H2,1-3H3,(H,28,30). The fourth-order valence-corrected chi connectivity index (χ4v) is 5.42. The van der Waals surface area contributed by atoms with Crippen molar-refractivity contribution in [2.45, 2.75) is 32.9 Å². The predicted octanol–water partition coefficient (Wildman–Crippen LogP) is 5.50. The molecule has 0 saturated heterocycles. The van der Waals surface area contributed by atoms with E-state index in [1.165, 1.54) is 11.3 Å². The fraction of sp³-hybridized carbons (Fsp3) is 0.375. The molecule has 5 rings (SSSR count). The van der Waals surface area contributed by atoms with Crippen molar-refractivity contribution in [3.63, 3.8) is 0 Å². The molecule has 2 aliphatic rings. The van der Waals surface area contributed by atoms with Gasteiger partial charge >= 0.3 is 6.09 Å². The van der Waals surface area contributed by atoms with Gasteiger partial charge in [-0.15, -0.1) is 0 Å². The number of halogens is 1.